The Morgan fingerprint density at radius 3 is 2.67 bits per heavy atom. The molecule has 0 saturated carbocycles. The summed E-state index contributed by atoms with van der Waals surface area (Å²) in [6.45, 7) is 2.27. The van der Waals surface area contributed by atoms with Gasteiger partial charge in [-0.2, -0.15) is 0 Å². The third kappa shape index (κ3) is 3.66. The Balaban J connectivity index is 1.99. The number of esters is 1. The summed E-state index contributed by atoms with van der Waals surface area (Å²) >= 11 is 5.96. The van der Waals surface area contributed by atoms with Crippen molar-refractivity contribution in [1.82, 2.24) is 4.98 Å². The highest BCUT2D eigenvalue weighted by Gasteiger charge is 2.09. The Hall–Kier alpha value is -2.59. The first-order valence-corrected chi connectivity index (χ1v) is 8.10. The fourth-order valence-electron chi connectivity index (χ4n) is 2.47. The van der Waals surface area contributed by atoms with Crippen molar-refractivity contribution < 1.29 is 9.53 Å². The summed E-state index contributed by atoms with van der Waals surface area (Å²) in [7, 11) is 0. The van der Waals surface area contributed by atoms with E-state index in [1.807, 2.05) is 54.6 Å². The van der Waals surface area contributed by atoms with Crippen molar-refractivity contribution in [3.8, 4) is 11.3 Å². The van der Waals surface area contributed by atoms with Crippen molar-refractivity contribution in [3.05, 3.63) is 59.6 Å². The lowest BCUT2D eigenvalue weighted by Crippen LogP contribution is -2.17. The van der Waals surface area contributed by atoms with Crippen molar-refractivity contribution in [2.24, 2.45) is 0 Å². The summed E-state index contributed by atoms with van der Waals surface area (Å²) in [6, 6.07) is 17.3. The minimum atomic E-state index is -0.286. The van der Waals surface area contributed by atoms with Crippen molar-refractivity contribution in [2.45, 2.75) is 6.92 Å². The van der Waals surface area contributed by atoms with Crippen LogP contribution in [-0.2, 0) is 9.53 Å². The van der Waals surface area contributed by atoms with Crippen LogP contribution in [0.25, 0.3) is 22.2 Å². The summed E-state index contributed by atoms with van der Waals surface area (Å²) in [5.41, 5.74) is 3.48. The van der Waals surface area contributed by atoms with Crippen LogP contribution in [0.2, 0.25) is 5.02 Å². The molecule has 1 aromatic heterocycles. The molecule has 24 heavy (non-hydrogen) atoms. The van der Waals surface area contributed by atoms with Gasteiger partial charge in [0.1, 0.15) is 6.54 Å². The summed E-state index contributed by atoms with van der Waals surface area (Å²) in [5.74, 6) is -0.286. The van der Waals surface area contributed by atoms with Crippen molar-refractivity contribution in [2.75, 3.05) is 18.5 Å². The van der Waals surface area contributed by atoms with E-state index in [4.69, 9.17) is 21.3 Å². The second-order valence-corrected chi connectivity index (χ2v) is 5.67. The van der Waals surface area contributed by atoms with Crippen LogP contribution in [0.15, 0.2) is 54.6 Å². The van der Waals surface area contributed by atoms with Crippen LogP contribution < -0.4 is 5.32 Å². The number of hydrogen-bond donors (Lipinski definition) is 1. The van der Waals surface area contributed by atoms with Gasteiger partial charge in [-0.3, -0.25) is 4.79 Å². The fraction of sp³-hybridized carbons (Fsp3) is 0.158. The molecule has 0 atom stereocenters. The molecule has 0 aliphatic rings. The Bertz CT molecular complexity index is 863. The number of carbonyl (C=O) groups is 1. The topological polar surface area (TPSA) is 51.2 Å². The van der Waals surface area contributed by atoms with Crippen LogP contribution >= 0.6 is 11.6 Å². The molecule has 0 spiro atoms. The molecule has 1 N–H and O–H groups in total. The van der Waals surface area contributed by atoms with Crippen LogP contribution in [0.3, 0.4) is 0 Å². The molecule has 3 rings (SSSR count). The van der Waals surface area contributed by atoms with Crippen LogP contribution in [0.4, 0.5) is 5.69 Å². The Morgan fingerprint density at radius 2 is 1.92 bits per heavy atom. The van der Waals surface area contributed by atoms with E-state index in [9.17, 15) is 4.79 Å². The van der Waals surface area contributed by atoms with Crippen LogP contribution in [-0.4, -0.2) is 24.1 Å². The predicted octanol–water partition coefficient (Wildman–Crippen LogP) is 4.53. The molecule has 4 nitrogen and oxygen atoms in total. The van der Waals surface area contributed by atoms with Gasteiger partial charge in [-0.25, -0.2) is 4.98 Å². The number of anilines is 1. The largest absolute Gasteiger partial charge is 0.465 e. The normalized spacial score (nSPS) is 10.6. The minimum absolute atomic E-state index is 0.113. The van der Waals surface area contributed by atoms with Crippen molar-refractivity contribution >= 4 is 34.2 Å². The maximum atomic E-state index is 11.6. The summed E-state index contributed by atoms with van der Waals surface area (Å²) in [6.07, 6.45) is 0. The number of benzene rings is 2. The van der Waals surface area contributed by atoms with Gasteiger partial charge >= 0.3 is 5.97 Å². The maximum Gasteiger partial charge on any atom is 0.325 e. The number of pyridine rings is 1. The lowest BCUT2D eigenvalue weighted by Gasteiger charge is -2.12. The molecule has 0 fully saturated rings. The Morgan fingerprint density at radius 1 is 1.17 bits per heavy atom. The van der Waals surface area contributed by atoms with Gasteiger partial charge in [0.05, 0.1) is 17.8 Å². The SMILES string of the molecule is CCOC(=O)CNc1cc(-c2ccc(Cl)cc2)nc2ccccc12. The molecule has 0 radical (unpaired) electrons. The van der Waals surface area contributed by atoms with E-state index in [-0.39, 0.29) is 12.5 Å². The van der Waals surface area contributed by atoms with Gasteiger partial charge < -0.3 is 10.1 Å². The zero-order chi connectivity index (χ0) is 16.9. The van der Waals surface area contributed by atoms with E-state index in [0.29, 0.717) is 11.6 Å². The van der Waals surface area contributed by atoms with Gasteiger partial charge in [0.2, 0.25) is 0 Å². The molecule has 2 aromatic carbocycles. The summed E-state index contributed by atoms with van der Waals surface area (Å²) in [5, 5.41) is 4.79. The maximum absolute atomic E-state index is 11.6. The van der Waals surface area contributed by atoms with Gasteiger partial charge in [-0.05, 0) is 31.2 Å². The highest BCUT2D eigenvalue weighted by atomic mass is 35.5. The molecule has 0 bridgehead atoms. The number of hydrogen-bond acceptors (Lipinski definition) is 4. The number of ether oxygens (including phenoxy) is 1. The molecular weight excluding hydrogens is 324 g/mol. The molecule has 0 unspecified atom stereocenters. The lowest BCUT2D eigenvalue weighted by atomic mass is 10.1. The number of para-hydroxylation sites is 1. The van der Waals surface area contributed by atoms with Crippen LogP contribution in [0.1, 0.15) is 6.92 Å². The molecular formula is C19H17ClN2O2. The third-order valence-electron chi connectivity index (χ3n) is 3.58. The van der Waals surface area contributed by atoms with Crippen LogP contribution in [0, 0.1) is 0 Å². The number of nitrogens with one attached hydrogen (secondary N) is 1. The Kier molecular flexibility index (Phi) is 4.96. The van der Waals surface area contributed by atoms with Gasteiger partial charge in [0, 0.05) is 21.7 Å². The average Bonchev–Trinajstić information content (AvgIpc) is 2.60. The number of fused-ring (bicyclic) bond motifs is 1. The number of halogens is 1. The van der Waals surface area contributed by atoms with Gasteiger partial charge in [-0.15, -0.1) is 0 Å². The highest BCUT2D eigenvalue weighted by Crippen LogP contribution is 2.28. The Labute approximate surface area is 145 Å². The van der Waals surface area contributed by atoms with E-state index in [0.717, 1.165) is 27.8 Å². The molecule has 0 saturated heterocycles. The minimum Gasteiger partial charge on any atom is -0.465 e. The monoisotopic (exact) mass is 340 g/mol. The van der Waals surface area contributed by atoms with E-state index in [1.54, 1.807) is 6.92 Å². The van der Waals surface area contributed by atoms with Crippen molar-refractivity contribution in [1.29, 1.82) is 0 Å². The van der Waals surface area contributed by atoms with Gasteiger partial charge in [0.15, 0.2) is 0 Å². The van der Waals surface area contributed by atoms with E-state index < -0.39 is 0 Å². The van der Waals surface area contributed by atoms with E-state index in [1.165, 1.54) is 0 Å². The standard InChI is InChI=1S/C19H17ClN2O2/c1-2-24-19(23)12-21-18-11-17(13-7-9-14(20)10-8-13)22-16-6-4-3-5-15(16)18/h3-11H,2,12H2,1H3,(H,21,22). The predicted molar refractivity (Wildman–Crippen MR) is 97.3 cm³/mol. The van der Waals surface area contributed by atoms with Crippen LogP contribution in [0.5, 0.6) is 0 Å². The number of nitrogens with zero attached hydrogens (tertiary/aromatic N) is 1. The lowest BCUT2D eigenvalue weighted by molar-refractivity contribution is -0.140. The third-order valence-corrected chi connectivity index (χ3v) is 3.84. The molecule has 5 heteroatoms. The number of carbonyl (C=O) groups excluding carboxylic acids is 1. The second kappa shape index (κ2) is 7.32. The van der Waals surface area contributed by atoms with Crippen molar-refractivity contribution in [3.63, 3.8) is 0 Å². The summed E-state index contributed by atoms with van der Waals surface area (Å²) < 4.78 is 4.97. The van der Waals surface area contributed by atoms with E-state index in [2.05, 4.69) is 5.32 Å². The first-order valence-electron chi connectivity index (χ1n) is 7.72. The molecule has 3 aromatic rings. The molecule has 122 valence electrons. The first-order chi connectivity index (χ1) is 11.7. The molecule has 1 heterocycles. The molecule has 0 aliphatic heterocycles. The number of aromatic nitrogens is 1. The fourth-order valence-corrected chi connectivity index (χ4v) is 2.60. The molecule has 0 aliphatic carbocycles. The smallest absolute Gasteiger partial charge is 0.325 e. The van der Waals surface area contributed by atoms with E-state index >= 15 is 0 Å². The highest BCUT2D eigenvalue weighted by molar-refractivity contribution is 6.30. The summed E-state index contributed by atoms with van der Waals surface area (Å²) in [4.78, 5) is 16.3. The first kappa shape index (κ1) is 16.3. The second-order valence-electron chi connectivity index (χ2n) is 5.24. The van der Waals surface area contributed by atoms with Gasteiger partial charge in [0.25, 0.3) is 0 Å². The average molecular weight is 341 g/mol. The quantitative estimate of drug-likeness (QED) is 0.693. The number of rotatable bonds is 5. The zero-order valence-electron chi connectivity index (χ0n) is 13.3. The zero-order valence-corrected chi connectivity index (χ0v) is 14.0. The molecule has 0 amide bonds. The van der Waals surface area contributed by atoms with Gasteiger partial charge in [-0.1, -0.05) is 41.9 Å².